The fourth-order valence-corrected chi connectivity index (χ4v) is 3.14. The molecule has 0 aliphatic rings. The Balaban J connectivity index is 2.62. The molecule has 25 heavy (non-hydrogen) atoms. The van der Waals surface area contributed by atoms with Gasteiger partial charge in [-0.1, -0.05) is 71.9 Å². The van der Waals surface area contributed by atoms with Crippen molar-refractivity contribution in [2.24, 2.45) is 0 Å². The van der Waals surface area contributed by atoms with E-state index in [4.69, 9.17) is 0 Å². The molecule has 0 aliphatic heterocycles. The zero-order valence-electron chi connectivity index (χ0n) is 17.1. The predicted octanol–water partition coefficient (Wildman–Crippen LogP) is 5.64. The zero-order chi connectivity index (χ0) is 19.0. The average molecular weight is 340 g/mol. The molecular formula is C23H33NO. The van der Waals surface area contributed by atoms with E-state index in [2.05, 4.69) is 96.9 Å². The van der Waals surface area contributed by atoms with E-state index in [1.807, 2.05) is 0 Å². The van der Waals surface area contributed by atoms with E-state index < -0.39 is 0 Å². The molecule has 0 saturated heterocycles. The third-order valence-corrected chi connectivity index (χ3v) is 4.72. The summed E-state index contributed by atoms with van der Waals surface area (Å²) in [5.41, 5.74) is 5.68. The van der Waals surface area contributed by atoms with Crippen molar-refractivity contribution in [3.05, 3.63) is 58.7 Å². The maximum Gasteiger partial charge on any atom is 0.122 e. The quantitative estimate of drug-likeness (QED) is 0.782. The van der Waals surface area contributed by atoms with Crippen LogP contribution >= 0.6 is 0 Å². The Bertz CT molecular complexity index is 746. The van der Waals surface area contributed by atoms with Crippen LogP contribution < -0.4 is 4.90 Å². The number of benzene rings is 2. The fraction of sp³-hybridized carbons (Fsp3) is 0.478. The van der Waals surface area contributed by atoms with E-state index >= 15 is 0 Å². The van der Waals surface area contributed by atoms with E-state index in [9.17, 15) is 5.11 Å². The SMILES string of the molecule is CN(C)c1ccccc1Cc1cc(C(C)(C)C)cc(C(C)(C)C)c1O. The Labute approximate surface area is 153 Å². The van der Waals surface area contributed by atoms with Gasteiger partial charge in [0.1, 0.15) is 5.75 Å². The van der Waals surface area contributed by atoms with Gasteiger partial charge < -0.3 is 10.0 Å². The van der Waals surface area contributed by atoms with Crippen LogP contribution in [0.4, 0.5) is 5.69 Å². The summed E-state index contributed by atoms with van der Waals surface area (Å²) in [5.74, 6) is 0.439. The molecule has 0 spiro atoms. The molecule has 0 aromatic heterocycles. The highest BCUT2D eigenvalue weighted by Gasteiger charge is 2.25. The number of rotatable bonds is 3. The summed E-state index contributed by atoms with van der Waals surface area (Å²) in [5, 5.41) is 11.0. The van der Waals surface area contributed by atoms with Gasteiger partial charge in [0, 0.05) is 26.2 Å². The van der Waals surface area contributed by atoms with Crippen LogP contribution in [0, 0.1) is 0 Å². The van der Waals surface area contributed by atoms with Gasteiger partial charge in [-0.2, -0.15) is 0 Å². The first-order chi connectivity index (χ1) is 11.4. The lowest BCUT2D eigenvalue weighted by Gasteiger charge is -2.28. The summed E-state index contributed by atoms with van der Waals surface area (Å²) in [6, 6.07) is 12.8. The molecule has 1 N–H and O–H groups in total. The van der Waals surface area contributed by atoms with Crippen LogP contribution in [0.2, 0.25) is 0 Å². The molecule has 0 saturated carbocycles. The van der Waals surface area contributed by atoms with E-state index in [0.717, 1.165) is 17.5 Å². The Morgan fingerprint density at radius 1 is 0.840 bits per heavy atom. The minimum atomic E-state index is -0.0961. The molecule has 0 bridgehead atoms. The standard InChI is InChI=1S/C23H33NO/c1-22(2,3)18-14-17(21(25)19(15-18)23(4,5)6)13-16-11-9-10-12-20(16)24(7)8/h9-12,14-15,25H,13H2,1-8H3. The number of aromatic hydroxyl groups is 1. The zero-order valence-corrected chi connectivity index (χ0v) is 17.1. The van der Waals surface area contributed by atoms with Crippen LogP contribution in [0.1, 0.15) is 63.8 Å². The summed E-state index contributed by atoms with van der Waals surface area (Å²) in [6.07, 6.45) is 0.729. The van der Waals surface area contributed by atoms with Crippen LogP contribution in [0.3, 0.4) is 0 Å². The largest absolute Gasteiger partial charge is 0.507 e. The molecule has 0 atom stereocenters. The van der Waals surface area contributed by atoms with Crippen LogP contribution in [0.15, 0.2) is 36.4 Å². The van der Waals surface area contributed by atoms with Crippen LogP contribution in [0.5, 0.6) is 5.75 Å². The lowest BCUT2D eigenvalue weighted by atomic mass is 9.78. The van der Waals surface area contributed by atoms with Gasteiger partial charge in [-0.15, -0.1) is 0 Å². The van der Waals surface area contributed by atoms with Gasteiger partial charge in [-0.3, -0.25) is 0 Å². The predicted molar refractivity (Wildman–Crippen MR) is 109 cm³/mol. The van der Waals surface area contributed by atoms with Crippen LogP contribution in [-0.4, -0.2) is 19.2 Å². The second-order valence-corrected chi connectivity index (χ2v) is 9.23. The molecule has 0 unspecified atom stereocenters. The number of anilines is 1. The lowest BCUT2D eigenvalue weighted by Crippen LogP contribution is -2.18. The molecule has 0 heterocycles. The molecule has 0 amide bonds. The molecule has 2 aromatic rings. The van der Waals surface area contributed by atoms with E-state index in [-0.39, 0.29) is 10.8 Å². The molecule has 0 radical (unpaired) electrons. The van der Waals surface area contributed by atoms with Gasteiger partial charge in [0.2, 0.25) is 0 Å². The van der Waals surface area contributed by atoms with Crippen molar-refractivity contribution in [2.75, 3.05) is 19.0 Å². The second-order valence-electron chi connectivity index (χ2n) is 9.23. The highest BCUT2D eigenvalue weighted by Crippen LogP contribution is 2.39. The topological polar surface area (TPSA) is 23.5 Å². The smallest absolute Gasteiger partial charge is 0.122 e. The number of nitrogens with zero attached hydrogens (tertiary/aromatic N) is 1. The number of phenols is 1. The Morgan fingerprint density at radius 3 is 1.96 bits per heavy atom. The van der Waals surface area contributed by atoms with Crippen molar-refractivity contribution in [2.45, 2.75) is 58.8 Å². The molecule has 136 valence electrons. The summed E-state index contributed by atoms with van der Waals surface area (Å²) in [4.78, 5) is 2.13. The van der Waals surface area contributed by atoms with Crippen molar-refractivity contribution in [1.29, 1.82) is 0 Å². The van der Waals surface area contributed by atoms with Crippen LogP contribution in [0.25, 0.3) is 0 Å². The highest BCUT2D eigenvalue weighted by atomic mass is 16.3. The third-order valence-electron chi connectivity index (χ3n) is 4.72. The Hall–Kier alpha value is -1.96. The Kier molecular flexibility index (Phi) is 5.22. The fourth-order valence-electron chi connectivity index (χ4n) is 3.14. The Morgan fingerprint density at radius 2 is 1.44 bits per heavy atom. The number of para-hydroxylation sites is 1. The highest BCUT2D eigenvalue weighted by molar-refractivity contribution is 5.57. The minimum absolute atomic E-state index is 0.0452. The third kappa shape index (κ3) is 4.36. The van der Waals surface area contributed by atoms with Gasteiger partial charge in [-0.05, 0) is 39.2 Å². The van der Waals surface area contributed by atoms with Crippen molar-refractivity contribution in [3.8, 4) is 5.75 Å². The molecule has 2 aromatic carbocycles. The second kappa shape index (κ2) is 6.74. The first-order valence-corrected chi connectivity index (χ1v) is 9.03. The minimum Gasteiger partial charge on any atom is -0.507 e. The van der Waals surface area contributed by atoms with Crippen molar-refractivity contribution < 1.29 is 5.11 Å². The van der Waals surface area contributed by atoms with E-state index in [1.54, 1.807) is 0 Å². The van der Waals surface area contributed by atoms with Crippen molar-refractivity contribution >= 4 is 5.69 Å². The normalized spacial score (nSPS) is 12.3. The van der Waals surface area contributed by atoms with Gasteiger partial charge in [0.25, 0.3) is 0 Å². The van der Waals surface area contributed by atoms with Gasteiger partial charge in [0.05, 0.1) is 0 Å². The molecule has 2 heteroatoms. The van der Waals surface area contributed by atoms with Gasteiger partial charge in [-0.25, -0.2) is 0 Å². The number of hydrogen-bond donors (Lipinski definition) is 1. The first-order valence-electron chi connectivity index (χ1n) is 9.03. The monoisotopic (exact) mass is 339 g/mol. The summed E-state index contributed by atoms with van der Waals surface area (Å²) in [6.45, 7) is 13.2. The number of phenolic OH excluding ortho intramolecular Hbond substituents is 1. The number of hydrogen-bond acceptors (Lipinski definition) is 2. The van der Waals surface area contributed by atoms with E-state index in [1.165, 1.54) is 16.8 Å². The molecule has 0 aliphatic carbocycles. The summed E-state index contributed by atoms with van der Waals surface area (Å²) >= 11 is 0. The van der Waals surface area contributed by atoms with Crippen molar-refractivity contribution in [1.82, 2.24) is 0 Å². The summed E-state index contributed by atoms with van der Waals surface area (Å²) < 4.78 is 0. The van der Waals surface area contributed by atoms with Gasteiger partial charge in [0.15, 0.2) is 0 Å². The molecule has 2 nitrogen and oxygen atoms in total. The molecular weight excluding hydrogens is 306 g/mol. The molecule has 0 fully saturated rings. The lowest BCUT2D eigenvalue weighted by molar-refractivity contribution is 0.439. The first kappa shape index (κ1) is 19.4. The van der Waals surface area contributed by atoms with Crippen LogP contribution in [-0.2, 0) is 17.3 Å². The maximum absolute atomic E-state index is 11.0. The van der Waals surface area contributed by atoms with E-state index in [0.29, 0.717) is 5.75 Å². The van der Waals surface area contributed by atoms with Gasteiger partial charge >= 0.3 is 0 Å². The maximum atomic E-state index is 11.0. The summed E-state index contributed by atoms with van der Waals surface area (Å²) in [7, 11) is 4.12. The average Bonchev–Trinajstić information content (AvgIpc) is 2.47. The molecule has 2 rings (SSSR count). The van der Waals surface area contributed by atoms with Crippen molar-refractivity contribution in [3.63, 3.8) is 0 Å².